The normalized spacial score (nSPS) is 6.33. The Morgan fingerprint density at radius 3 is 2.00 bits per heavy atom. The molecule has 0 aromatic heterocycles. The summed E-state index contributed by atoms with van der Waals surface area (Å²) >= 11 is 0. The minimum absolute atomic E-state index is 0. The summed E-state index contributed by atoms with van der Waals surface area (Å²) in [5.41, 5.74) is 6.31. The monoisotopic (exact) mass is 161 g/mol. The Labute approximate surface area is 62.4 Å². The molecule has 0 rings (SSSR count). The number of rotatable bonds is 1. The van der Waals surface area contributed by atoms with Gasteiger partial charge in [0, 0.05) is 32.7 Å². The van der Waals surface area contributed by atoms with Crippen LogP contribution in [0.1, 0.15) is 6.92 Å². The van der Waals surface area contributed by atoms with Crippen LogP contribution < -0.4 is 0 Å². The van der Waals surface area contributed by atoms with Crippen molar-refractivity contribution in [3.05, 3.63) is 5.73 Å². The van der Waals surface area contributed by atoms with E-state index in [0.29, 0.717) is 0 Å². The second-order valence-corrected chi connectivity index (χ2v) is 0.879. The van der Waals surface area contributed by atoms with Gasteiger partial charge in [0.2, 0.25) is 0 Å². The number of carbonyl (C=O) groups excluding carboxylic acids is 1. The van der Waals surface area contributed by atoms with Gasteiger partial charge in [0.15, 0.2) is 0 Å². The average Bonchev–Trinajstić information content (AvgIpc) is 1.38. The molecule has 0 heterocycles. The number of hydrogen-bond donors (Lipinski definition) is 0. The van der Waals surface area contributed by atoms with E-state index in [4.69, 9.17) is 5.73 Å². The Morgan fingerprint density at radius 1 is 1.83 bits per heavy atom. The van der Waals surface area contributed by atoms with Crippen molar-refractivity contribution in [3.8, 4) is 0 Å². The molecule has 3 heteroatoms. The van der Waals surface area contributed by atoms with Gasteiger partial charge in [0.25, 0.3) is 0 Å². The molecule has 2 nitrogen and oxygen atoms in total. The molecule has 6 heavy (non-hydrogen) atoms. The van der Waals surface area contributed by atoms with Crippen molar-refractivity contribution in [3.63, 3.8) is 0 Å². The van der Waals surface area contributed by atoms with Gasteiger partial charge in [-0.1, -0.05) is 6.54 Å². The topological polar surface area (TPSA) is 40.9 Å². The minimum Gasteiger partial charge on any atom is -0.671 e. The molecule has 0 fully saturated rings. The van der Waals surface area contributed by atoms with Crippen LogP contribution in [0.25, 0.3) is 5.73 Å². The molecule has 0 aromatic carbocycles. The summed E-state index contributed by atoms with van der Waals surface area (Å²) in [5, 5.41) is 0. The van der Waals surface area contributed by atoms with E-state index in [0.717, 1.165) is 0 Å². The van der Waals surface area contributed by atoms with Gasteiger partial charge >= 0.3 is 0 Å². The van der Waals surface area contributed by atoms with E-state index in [1.807, 2.05) is 0 Å². The average molecular weight is 161 g/mol. The van der Waals surface area contributed by atoms with E-state index in [1.54, 1.807) is 0 Å². The van der Waals surface area contributed by atoms with Crippen molar-refractivity contribution < 1.29 is 37.5 Å². The molecular weight excluding hydrogens is 155 g/mol. The van der Waals surface area contributed by atoms with E-state index in [9.17, 15) is 4.79 Å². The maximum absolute atomic E-state index is 9.62. The zero-order valence-electron chi connectivity index (χ0n) is 3.69. The minimum atomic E-state index is -0.0833. The van der Waals surface area contributed by atoms with Crippen molar-refractivity contribution >= 4 is 5.78 Å². The first-order chi connectivity index (χ1) is 2.27. The predicted octanol–water partition coefficient (Wildman–Crippen LogP) is 0.625. The number of hydrogen-bond acceptors (Lipinski definition) is 1. The van der Waals surface area contributed by atoms with Gasteiger partial charge in [-0.3, -0.25) is 0 Å². The van der Waals surface area contributed by atoms with E-state index >= 15 is 0 Å². The van der Waals surface area contributed by atoms with E-state index < -0.39 is 0 Å². The maximum atomic E-state index is 9.62. The Balaban J connectivity index is 0. The molecule has 0 aromatic rings. The van der Waals surface area contributed by atoms with Crippen LogP contribution in [0.5, 0.6) is 0 Å². The quantitative estimate of drug-likeness (QED) is 0.555. The van der Waals surface area contributed by atoms with Crippen molar-refractivity contribution in [1.29, 1.82) is 0 Å². The molecule has 0 bridgehead atoms. The van der Waals surface area contributed by atoms with Crippen molar-refractivity contribution in [2.75, 3.05) is 6.54 Å². The van der Waals surface area contributed by atoms with Gasteiger partial charge in [0.05, 0.1) is 0 Å². The van der Waals surface area contributed by atoms with Gasteiger partial charge in [0.1, 0.15) is 5.78 Å². The summed E-state index contributed by atoms with van der Waals surface area (Å²) in [4.78, 5) is 9.62. The summed E-state index contributed by atoms with van der Waals surface area (Å²) in [6.07, 6.45) is 0. The third kappa shape index (κ3) is 8.83. The smallest absolute Gasteiger partial charge is 0.109 e. The second-order valence-electron chi connectivity index (χ2n) is 0.879. The molecule has 1 radical (unpaired) electrons. The molecule has 0 atom stereocenters. The second kappa shape index (κ2) is 5.73. The third-order valence-electron chi connectivity index (χ3n) is 0.249. The molecular formula is C3H6NOY-. The fourth-order valence-corrected chi connectivity index (χ4v) is 0. The number of Topliss-reactive ketones (excluding diaryl/α,β-unsaturated/α-hetero) is 1. The molecule has 0 unspecified atom stereocenters. The Hall–Kier alpha value is 0.734. The van der Waals surface area contributed by atoms with Crippen molar-refractivity contribution in [1.82, 2.24) is 0 Å². The number of nitrogens with one attached hydrogen (secondary N) is 1. The zero-order chi connectivity index (χ0) is 4.28. The molecule has 0 saturated carbocycles. The summed E-state index contributed by atoms with van der Waals surface area (Å²) in [7, 11) is 0. The summed E-state index contributed by atoms with van der Waals surface area (Å²) in [6.45, 7) is 1.31. The van der Waals surface area contributed by atoms with Gasteiger partial charge in [-0.15, -0.1) is 0 Å². The molecule has 33 valence electrons. The van der Waals surface area contributed by atoms with E-state index in [2.05, 4.69) is 0 Å². The summed E-state index contributed by atoms with van der Waals surface area (Å²) in [6, 6.07) is 0. The zero-order valence-corrected chi connectivity index (χ0v) is 6.53. The Kier molecular flexibility index (Phi) is 9.44. The molecule has 0 aliphatic rings. The number of ketones is 1. The van der Waals surface area contributed by atoms with Gasteiger partial charge in [-0.2, -0.15) is 0 Å². The van der Waals surface area contributed by atoms with Crippen molar-refractivity contribution in [2.24, 2.45) is 0 Å². The van der Waals surface area contributed by atoms with Crippen LogP contribution >= 0.6 is 0 Å². The first kappa shape index (κ1) is 9.88. The van der Waals surface area contributed by atoms with Crippen molar-refractivity contribution in [2.45, 2.75) is 6.92 Å². The fourth-order valence-electron chi connectivity index (χ4n) is 0. The van der Waals surface area contributed by atoms with Crippen LogP contribution in [0.15, 0.2) is 0 Å². The first-order valence-electron chi connectivity index (χ1n) is 1.41. The molecule has 0 saturated heterocycles. The fraction of sp³-hybridized carbons (Fsp3) is 0.667. The van der Waals surface area contributed by atoms with Crippen LogP contribution in [-0.4, -0.2) is 12.3 Å². The molecule has 1 N–H and O–H groups in total. The Bertz CT molecular complexity index is 46.1. The number of carbonyl (C=O) groups is 1. The molecule has 0 amide bonds. The molecule has 0 spiro atoms. The summed E-state index contributed by atoms with van der Waals surface area (Å²) in [5.74, 6) is -0.0787. The molecule has 0 aliphatic heterocycles. The first-order valence-corrected chi connectivity index (χ1v) is 1.41. The Morgan fingerprint density at radius 2 is 2.00 bits per heavy atom. The van der Waals surface area contributed by atoms with Crippen LogP contribution in [0.2, 0.25) is 0 Å². The van der Waals surface area contributed by atoms with E-state index in [-0.39, 0.29) is 45.0 Å². The van der Waals surface area contributed by atoms with Crippen LogP contribution in [-0.2, 0) is 37.5 Å². The van der Waals surface area contributed by atoms with Crippen LogP contribution in [0.4, 0.5) is 0 Å². The van der Waals surface area contributed by atoms with Crippen LogP contribution in [0, 0.1) is 0 Å². The largest absolute Gasteiger partial charge is 0.671 e. The standard InChI is InChI=1S/C3H6NO.Y/c1-3(5)2-4;/h4H,2H2,1H3;/q-1;. The SMILES string of the molecule is CC(=O)C[NH-].[Y]. The van der Waals surface area contributed by atoms with Gasteiger partial charge in [-0.25, -0.2) is 0 Å². The van der Waals surface area contributed by atoms with Crippen LogP contribution in [0.3, 0.4) is 0 Å². The van der Waals surface area contributed by atoms with E-state index in [1.165, 1.54) is 6.92 Å². The summed E-state index contributed by atoms with van der Waals surface area (Å²) < 4.78 is 0. The maximum Gasteiger partial charge on any atom is 0.109 e. The van der Waals surface area contributed by atoms with Gasteiger partial charge in [-0.05, 0) is 6.92 Å². The third-order valence-corrected chi connectivity index (χ3v) is 0.249. The molecule has 0 aliphatic carbocycles. The predicted molar refractivity (Wildman–Crippen MR) is 19.9 cm³/mol. The van der Waals surface area contributed by atoms with Gasteiger partial charge < -0.3 is 10.5 Å².